The number of aromatic nitrogens is 2. The Bertz CT molecular complexity index is 1140. The van der Waals surface area contributed by atoms with E-state index in [1.54, 1.807) is 4.90 Å². The van der Waals surface area contributed by atoms with Crippen molar-refractivity contribution >= 4 is 50.6 Å². The Morgan fingerprint density at radius 1 is 1.42 bits per heavy atom. The molecule has 0 spiro atoms. The molecule has 4 rings (SSSR count). The molecule has 1 fully saturated rings. The number of piperidine rings is 1. The molecular formula is C18H17Cl2FN4S. The van der Waals surface area contributed by atoms with Crippen molar-refractivity contribution in [2.24, 2.45) is 0 Å². The van der Waals surface area contributed by atoms with Crippen LogP contribution in [0.25, 0.3) is 10.2 Å². The Morgan fingerprint density at radius 2 is 2.23 bits per heavy atom. The Hall–Kier alpha value is -1.47. The summed E-state index contributed by atoms with van der Waals surface area (Å²) in [7, 11) is 0. The van der Waals surface area contributed by atoms with Crippen molar-refractivity contribution in [2.75, 3.05) is 18.4 Å². The zero-order chi connectivity index (χ0) is 22.5. The van der Waals surface area contributed by atoms with Crippen LogP contribution in [0.1, 0.15) is 23.9 Å². The van der Waals surface area contributed by atoms with E-state index < -0.39 is 18.4 Å². The lowest BCUT2D eigenvalue weighted by molar-refractivity contribution is 0.209. The van der Waals surface area contributed by atoms with Gasteiger partial charge in [0.25, 0.3) is 0 Å². The van der Waals surface area contributed by atoms with E-state index in [4.69, 9.17) is 30.1 Å². The summed E-state index contributed by atoms with van der Waals surface area (Å²) < 4.78 is 56.2. The molecule has 0 bridgehead atoms. The smallest absolute Gasteiger partial charge is 0.162 e. The van der Waals surface area contributed by atoms with E-state index in [-0.39, 0.29) is 59.4 Å². The van der Waals surface area contributed by atoms with E-state index in [2.05, 4.69) is 9.97 Å². The summed E-state index contributed by atoms with van der Waals surface area (Å²) in [5.41, 5.74) is 0.163. The number of nitrogens with one attached hydrogen (secondary N) is 1. The third-order valence-corrected chi connectivity index (χ3v) is 5.40. The minimum absolute atomic E-state index is 0.00471. The second-order valence-electron chi connectivity index (χ2n) is 5.84. The van der Waals surface area contributed by atoms with Gasteiger partial charge >= 0.3 is 0 Å². The number of halogens is 3. The lowest BCUT2D eigenvalue weighted by atomic mass is 10.0. The third kappa shape index (κ3) is 3.93. The second-order valence-corrected chi connectivity index (χ2v) is 7.87. The number of fused-ring (bicyclic) bond motifs is 1. The summed E-state index contributed by atoms with van der Waals surface area (Å²) in [5.74, 6) is -0.521. The summed E-state index contributed by atoms with van der Waals surface area (Å²) in [6.07, 6.45) is 0.0391. The highest BCUT2D eigenvalue weighted by molar-refractivity contribution is 7.22. The average molecular weight is 416 g/mol. The quantitative estimate of drug-likeness (QED) is 0.634. The van der Waals surface area contributed by atoms with Gasteiger partial charge in [0, 0.05) is 37.6 Å². The number of likely N-dealkylation sites (tertiary alicyclic amines) is 1. The SMILES string of the molecule is [2H]c1nc(N([2H])C2([2H])CCN(C([2H])c3cc(Cl)ccc3F)CC2)c2c([2H])c(Cl)sc2n1. The van der Waals surface area contributed by atoms with Crippen LogP contribution in [0.5, 0.6) is 0 Å². The van der Waals surface area contributed by atoms with Gasteiger partial charge in [-0.05, 0) is 37.1 Å². The zero-order valence-corrected chi connectivity index (χ0v) is 15.8. The van der Waals surface area contributed by atoms with E-state index in [9.17, 15) is 4.39 Å². The number of anilines is 1. The van der Waals surface area contributed by atoms with Gasteiger partial charge in [-0.1, -0.05) is 23.2 Å². The molecule has 1 atom stereocenters. The van der Waals surface area contributed by atoms with E-state index in [0.29, 0.717) is 9.85 Å². The van der Waals surface area contributed by atoms with Crippen LogP contribution in [0.2, 0.25) is 10.8 Å². The molecule has 0 aliphatic carbocycles. The molecule has 0 radical (unpaired) electrons. The highest BCUT2D eigenvalue weighted by Crippen LogP contribution is 2.32. The van der Waals surface area contributed by atoms with Crippen molar-refractivity contribution in [3.8, 4) is 0 Å². The molecule has 1 unspecified atom stereocenters. The molecule has 136 valence electrons. The van der Waals surface area contributed by atoms with Gasteiger partial charge < -0.3 is 5.31 Å². The van der Waals surface area contributed by atoms with Crippen molar-refractivity contribution in [3.63, 3.8) is 0 Å². The lowest BCUT2D eigenvalue weighted by Gasteiger charge is -2.32. The van der Waals surface area contributed by atoms with Crippen molar-refractivity contribution in [3.05, 3.63) is 51.3 Å². The number of nitrogens with zero attached hydrogens (tertiary/aromatic N) is 3. The predicted molar refractivity (Wildman–Crippen MR) is 106 cm³/mol. The van der Waals surface area contributed by atoms with Crippen LogP contribution in [0.4, 0.5) is 10.2 Å². The van der Waals surface area contributed by atoms with Gasteiger partial charge in [0.15, 0.2) is 1.41 Å². The van der Waals surface area contributed by atoms with Crippen LogP contribution in [0.15, 0.2) is 30.5 Å². The minimum Gasteiger partial charge on any atom is -0.367 e. The minimum atomic E-state index is -1.41. The first-order valence-electron chi connectivity index (χ1n) is 10.5. The Kier molecular flexibility index (Phi) is 3.77. The molecule has 1 saturated heterocycles. The number of rotatable bonds is 4. The molecule has 0 amide bonds. The molecule has 1 aromatic carbocycles. The number of hydrogen-bond acceptors (Lipinski definition) is 5. The van der Waals surface area contributed by atoms with E-state index in [1.807, 2.05) is 0 Å². The largest absolute Gasteiger partial charge is 0.367 e. The van der Waals surface area contributed by atoms with Crippen molar-refractivity contribution < 1.29 is 11.3 Å². The zero-order valence-electron chi connectivity index (χ0n) is 18.5. The molecule has 0 saturated carbocycles. The number of thiophene rings is 1. The van der Waals surface area contributed by atoms with Crippen LogP contribution in [-0.4, -0.2) is 34.0 Å². The highest BCUT2D eigenvalue weighted by Gasteiger charge is 2.21. The van der Waals surface area contributed by atoms with E-state index in [1.165, 1.54) is 18.2 Å². The van der Waals surface area contributed by atoms with Crippen LogP contribution in [0.3, 0.4) is 0 Å². The topological polar surface area (TPSA) is 41.1 Å². The van der Waals surface area contributed by atoms with Crippen LogP contribution in [-0.2, 0) is 6.52 Å². The predicted octanol–water partition coefficient (Wildman–Crippen LogP) is 5.21. The molecule has 3 aromatic rings. The maximum absolute atomic E-state index is 14.2. The highest BCUT2D eigenvalue weighted by atomic mass is 35.5. The van der Waals surface area contributed by atoms with Gasteiger partial charge in [0.1, 0.15) is 24.1 Å². The summed E-state index contributed by atoms with van der Waals surface area (Å²) >= 11 is 13.0. The standard InChI is InChI=1S/C18H17Cl2FN4S/c19-12-1-2-15(21)11(7-12)9-25-5-3-13(4-6-25)24-17-14-8-16(20)26-18(14)23-10-22-17/h1-2,7-8,10,13H,3-6,9H2,(H,22,23,24)/i8D,9D,10D,13D/hD. The summed E-state index contributed by atoms with van der Waals surface area (Å²) in [6.45, 7) is -0.429. The van der Waals surface area contributed by atoms with E-state index >= 15 is 0 Å². The molecule has 1 aliphatic heterocycles. The summed E-state index contributed by atoms with van der Waals surface area (Å²) in [5, 5.41) is 1.50. The Balaban J connectivity index is 1.57. The maximum atomic E-state index is 14.2. The molecule has 2 aromatic heterocycles. The van der Waals surface area contributed by atoms with Gasteiger partial charge in [-0.3, -0.25) is 4.90 Å². The second kappa shape index (κ2) is 7.64. The Morgan fingerprint density at radius 3 is 3.04 bits per heavy atom. The summed E-state index contributed by atoms with van der Waals surface area (Å²) in [6, 6.07) is 2.65. The van der Waals surface area contributed by atoms with Gasteiger partial charge in [-0.25, -0.2) is 14.4 Å². The van der Waals surface area contributed by atoms with Gasteiger partial charge in [-0.15, -0.1) is 11.3 Å². The van der Waals surface area contributed by atoms with Gasteiger partial charge in [0.05, 0.1) is 12.5 Å². The molecular weight excluding hydrogens is 394 g/mol. The molecule has 3 heterocycles. The molecule has 1 N–H and O–H groups in total. The first-order chi connectivity index (χ1) is 14.6. The molecule has 4 nitrogen and oxygen atoms in total. The first-order valence-corrected chi connectivity index (χ1v) is 9.51. The van der Waals surface area contributed by atoms with Crippen LogP contribution >= 0.6 is 34.5 Å². The molecule has 26 heavy (non-hydrogen) atoms. The average Bonchev–Trinajstić information content (AvgIpc) is 3.02. The van der Waals surface area contributed by atoms with Crippen LogP contribution < -0.4 is 5.31 Å². The van der Waals surface area contributed by atoms with Crippen molar-refractivity contribution in [2.45, 2.75) is 25.4 Å². The fourth-order valence-corrected chi connectivity index (χ4v) is 3.93. The van der Waals surface area contributed by atoms with Gasteiger partial charge in [0.2, 0.25) is 0 Å². The number of hydrogen-bond donors (Lipinski definition) is 1. The fourth-order valence-electron chi connectivity index (χ4n) is 2.78. The third-order valence-electron chi connectivity index (χ3n) is 4.07. The Labute approximate surface area is 172 Å². The fraction of sp³-hybridized carbons (Fsp3) is 0.333. The first kappa shape index (κ1) is 12.8. The summed E-state index contributed by atoms with van der Waals surface area (Å²) in [4.78, 5) is 10.0. The van der Waals surface area contributed by atoms with Crippen LogP contribution in [0, 0.1) is 5.82 Å². The lowest BCUT2D eigenvalue weighted by Crippen LogP contribution is -2.39. The molecule has 8 heteroatoms. The maximum Gasteiger partial charge on any atom is 0.162 e. The van der Waals surface area contributed by atoms with E-state index in [0.717, 1.165) is 16.6 Å². The molecule has 1 aliphatic rings. The van der Waals surface area contributed by atoms with Crippen molar-refractivity contribution in [1.29, 1.82) is 0 Å². The monoisotopic (exact) mass is 415 g/mol. The normalized spacial score (nSPS) is 21.4. The number of benzene rings is 1. The van der Waals surface area contributed by atoms with Crippen molar-refractivity contribution in [1.82, 2.24) is 14.9 Å². The van der Waals surface area contributed by atoms with Gasteiger partial charge in [-0.2, -0.15) is 0 Å².